The molecule has 9 heteroatoms. The lowest BCUT2D eigenvalue weighted by Gasteiger charge is -2.41. The van der Waals surface area contributed by atoms with E-state index in [1.165, 1.54) is 0 Å². The van der Waals surface area contributed by atoms with Crippen LogP contribution in [0, 0.1) is 0 Å². The van der Waals surface area contributed by atoms with Crippen molar-refractivity contribution in [1.82, 2.24) is 0 Å². The van der Waals surface area contributed by atoms with E-state index >= 15 is 0 Å². The number of benzene rings is 1. The van der Waals surface area contributed by atoms with Crippen LogP contribution in [0.2, 0.25) is 5.02 Å². The number of halogens is 6. The SMILES string of the molecule is O=C(O)c1cc(Cl)ccc1S(F)(F)(F)(F)F. The van der Waals surface area contributed by atoms with E-state index in [-0.39, 0.29) is 11.1 Å². The maximum absolute atomic E-state index is 12.4. The zero-order chi connectivity index (χ0) is 12.8. The summed E-state index contributed by atoms with van der Waals surface area (Å²) >= 11 is 5.24. The first-order valence-electron chi connectivity index (χ1n) is 3.58. The van der Waals surface area contributed by atoms with Crippen molar-refractivity contribution in [3.63, 3.8) is 0 Å². The van der Waals surface area contributed by atoms with E-state index in [0.717, 1.165) is 0 Å². The van der Waals surface area contributed by atoms with Gasteiger partial charge < -0.3 is 5.11 Å². The van der Waals surface area contributed by atoms with Gasteiger partial charge >= 0.3 is 16.2 Å². The molecule has 92 valence electrons. The maximum Gasteiger partial charge on any atom is 0.337 e. The molecule has 0 aliphatic carbocycles. The Labute approximate surface area is 91.4 Å². The fraction of sp³-hybridized carbons (Fsp3) is 0. The lowest BCUT2D eigenvalue weighted by Crippen LogP contribution is -2.12. The molecule has 0 saturated carbocycles. The Morgan fingerprint density at radius 3 is 2.06 bits per heavy atom. The third-order valence-electron chi connectivity index (χ3n) is 1.59. The molecule has 0 radical (unpaired) electrons. The van der Waals surface area contributed by atoms with Crippen molar-refractivity contribution in [3.05, 3.63) is 28.8 Å². The van der Waals surface area contributed by atoms with Crippen LogP contribution in [0.15, 0.2) is 23.1 Å². The molecule has 16 heavy (non-hydrogen) atoms. The summed E-state index contributed by atoms with van der Waals surface area (Å²) in [5, 5.41) is 8.04. The molecule has 1 N–H and O–H groups in total. The fourth-order valence-corrected chi connectivity index (χ4v) is 2.06. The predicted molar refractivity (Wildman–Crippen MR) is 49.8 cm³/mol. The largest absolute Gasteiger partial charge is 0.478 e. The van der Waals surface area contributed by atoms with Gasteiger partial charge in [-0.05, 0) is 18.2 Å². The first-order chi connectivity index (χ1) is 6.81. The number of carboxylic acid groups (broad SMARTS) is 1. The zero-order valence-electron chi connectivity index (χ0n) is 7.26. The molecule has 2 nitrogen and oxygen atoms in total. The third kappa shape index (κ3) is 2.76. The average Bonchev–Trinajstić information content (AvgIpc) is 1.98. The van der Waals surface area contributed by atoms with Crippen LogP contribution in [0.1, 0.15) is 10.4 Å². The highest BCUT2D eigenvalue weighted by Gasteiger charge is 2.67. The van der Waals surface area contributed by atoms with Crippen LogP contribution in [-0.4, -0.2) is 11.1 Å². The molecule has 0 aliphatic heterocycles. The predicted octanol–water partition coefficient (Wildman–Crippen LogP) is 4.70. The molecule has 0 unspecified atom stereocenters. The van der Waals surface area contributed by atoms with E-state index in [1.54, 1.807) is 0 Å². The second-order valence-electron chi connectivity index (χ2n) is 2.91. The van der Waals surface area contributed by atoms with Crippen LogP contribution in [0.4, 0.5) is 19.4 Å². The van der Waals surface area contributed by atoms with Crippen molar-refractivity contribution in [3.8, 4) is 0 Å². The number of aromatic carboxylic acids is 1. The Balaban J connectivity index is 3.67. The summed E-state index contributed by atoms with van der Waals surface area (Å²) in [4.78, 5) is 7.98. The first-order valence-corrected chi connectivity index (χ1v) is 5.91. The Kier molecular flexibility index (Phi) is 2.29. The Hall–Kier alpha value is -1.02. The average molecular weight is 283 g/mol. The maximum atomic E-state index is 12.4. The van der Waals surface area contributed by atoms with Crippen LogP contribution in [0.3, 0.4) is 0 Å². The second kappa shape index (κ2) is 2.80. The summed E-state index contributed by atoms with van der Waals surface area (Å²) in [6.45, 7) is 0. The van der Waals surface area contributed by atoms with Crippen LogP contribution >= 0.6 is 21.8 Å². The van der Waals surface area contributed by atoms with Crippen LogP contribution in [-0.2, 0) is 0 Å². The Bertz CT molecular complexity index is 469. The van der Waals surface area contributed by atoms with Crippen molar-refractivity contribution in [2.75, 3.05) is 0 Å². The normalized spacial score (nSPS) is 16.4. The van der Waals surface area contributed by atoms with Gasteiger partial charge in [0.05, 0.1) is 5.56 Å². The third-order valence-corrected chi connectivity index (χ3v) is 3.01. The highest BCUT2D eigenvalue weighted by atomic mass is 35.5. The van der Waals surface area contributed by atoms with E-state index in [0.29, 0.717) is 12.1 Å². The molecule has 0 fully saturated rings. The molecule has 0 heterocycles. The summed E-state index contributed by atoms with van der Waals surface area (Å²) < 4.78 is 62.0. The molecular formula is C7H4ClF5O2S. The smallest absolute Gasteiger partial charge is 0.337 e. The Morgan fingerprint density at radius 1 is 1.19 bits per heavy atom. The van der Waals surface area contributed by atoms with Crippen molar-refractivity contribution in [2.24, 2.45) is 0 Å². The molecule has 1 rings (SSSR count). The zero-order valence-corrected chi connectivity index (χ0v) is 8.84. The van der Waals surface area contributed by atoms with E-state index in [9.17, 15) is 24.2 Å². The standard InChI is InChI=1S/C7H4ClF5O2S/c8-4-1-2-6(5(3-4)7(14)15)16(9,10,11,12)13/h1-3H,(H,14,15). The molecule has 0 aromatic heterocycles. The summed E-state index contributed by atoms with van der Waals surface area (Å²) in [6, 6.07) is 0.853. The van der Waals surface area contributed by atoms with Crippen molar-refractivity contribution in [2.45, 2.75) is 4.90 Å². The summed E-state index contributed by atoms with van der Waals surface area (Å²) in [5.41, 5.74) is -1.56. The van der Waals surface area contributed by atoms with Gasteiger partial charge in [0.15, 0.2) is 0 Å². The number of carboxylic acids is 1. The summed E-state index contributed by atoms with van der Waals surface area (Å²) in [5.74, 6) is -2.12. The first kappa shape index (κ1) is 13.0. The lowest BCUT2D eigenvalue weighted by atomic mass is 10.2. The lowest BCUT2D eigenvalue weighted by molar-refractivity contribution is 0.0690. The van der Waals surface area contributed by atoms with Gasteiger partial charge in [0.25, 0.3) is 0 Å². The molecule has 1 aromatic carbocycles. The van der Waals surface area contributed by atoms with Gasteiger partial charge in [0, 0.05) is 5.02 Å². The van der Waals surface area contributed by atoms with Gasteiger partial charge in [-0.2, -0.15) is 0 Å². The van der Waals surface area contributed by atoms with Gasteiger partial charge in [-0.3, -0.25) is 0 Å². The summed E-state index contributed by atoms with van der Waals surface area (Å²) in [6.07, 6.45) is 0. The number of hydrogen-bond donors (Lipinski definition) is 1. The van der Waals surface area contributed by atoms with Crippen molar-refractivity contribution < 1.29 is 29.3 Å². The summed E-state index contributed by atoms with van der Waals surface area (Å²) in [7, 11) is -10.0. The van der Waals surface area contributed by atoms with Gasteiger partial charge in [0.1, 0.15) is 4.90 Å². The second-order valence-corrected chi connectivity index (χ2v) is 5.73. The van der Waals surface area contributed by atoms with Crippen LogP contribution in [0.25, 0.3) is 0 Å². The molecule has 0 atom stereocenters. The quantitative estimate of drug-likeness (QED) is 0.799. The molecule has 1 aromatic rings. The van der Waals surface area contributed by atoms with Crippen molar-refractivity contribution >= 4 is 27.8 Å². The fourth-order valence-electron chi connectivity index (χ4n) is 1.01. The van der Waals surface area contributed by atoms with Gasteiger partial charge in [-0.1, -0.05) is 31.0 Å². The highest BCUT2D eigenvalue weighted by Crippen LogP contribution is 3.02. The molecule has 0 bridgehead atoms. The minimum atomic E-state index is -10.0. The highest BCUT2D eigenvalue weighted by molar-refractivity contribution is 8.45. The van der Waals surface area contributed by atoms with Gasteiger partial charge in [-0.25, -0.2) is 4.79 Å². The monoisotopic (exact) mass is 282 g/mol. The number of rotatable bonds is 2. The number of carbonyl (C=O) groups is 1. The number of hydrogen-bond acceptors (Lipinski definition) is 1. The topological polar surface area (TPSA) is 37.3 Å². The van der Waals surface area contributed by atoms with E-state index in [2.05, 4.69) is 0 Å². The minimum absolute atomic E-state index is 0.0344. The van der Waals surface area contributed by atoms with Crippen molar-refractivity contribution in [1.29, 1.82) is 0 Å². The van der Waals surface area contributed by atoms with Crippen LogP contribution < -0.4 is 0 Å². The van der Waals surface area contributed by atoms with E-state index < -0.39 is 26.7 Å². The van der Waals surface area contributed by atoms with Crippen LogP contribution in [0.5, 0.6) is 0 Å². The molecule has 0 aliphatic rings. The molecule has 0 amide bonds. The Morgan fingerprint density at radius 2 is 1.69 bits per heavy atom. The van der Waals surface area contributed by atoms with Gasteiger partial charge in [-0.15, -0.1) is 0 Å². The van der Waals surface area contributed by atoms with Gasteiger partial charge in [0.2, 0.25) is 0 Å². The molecular weight excluding hydrogens is 279 g/mol. The van der Waals surface area contributed by atoms with E-state index in [1.807, 2.05) is 0 Å². The molecule has 0 saturated heterocycles. The van der Waals surface area contributed by atoms with E-state index in [4.69, 9.17) is 16.7 Å². The molecule has 0 spiro atoms. The minimum Gasteiger partial charge on any atom is -0.478 e.